The minimum atomic E-state index is 0.855. The fourth-order valence-electron chi connectivity index (χ4n) is 2.37. The van der Waals surface area contributed by atoms with E-state index in [0.29, 0.717) is 0 Å². The third-order valence-corrected chi connectivity index (χ3v) is 6.19. The molecule has 0 aliphatic rings. The van der Waals surface area contributed by atoms with E-state index in [-0.39, 0.29) is 0 Å². The summed E-state index contributed by atoms with van der Waals surface area (Å²) in [5.41, 5.74) is 2.91. The van der Waals surface area contributed by atoms with E-state index in [9.17, 15) is 0 Å². The maximum atomic E-state index is 2.38. The number of hydrogen-bond donors (Lipinski definition) is 0. The molecule has 0 fully saturated rings. The zero-order chi connectivity index (χ0) is 15.0. The topological polar surface area (TPSA) is 0 Å². The Morgan fingerprint density at radius 3 is 1.41 bits per heavy atom. The monoisotopic (exact) mass is 314 g/mol. The van der Waals surface area contributed by atoms with Crippen LogP contribution in [0.15, 0.2) is 84.9 Å². The molecule has 0 unspecified atom stereocenters. The highest BCUT2D eigenvalue weighted by Gasteiger charge is 2.00. The Morgan fingerprint density at radius 1 is 0.500 bits per heavy atom. The average Bonchev–Trinajstić information content (AvgIpc) is 2.60. The molecule has 0 N–H and O–H groups in total. The first-order valence-corrected chi connectivity index (χ1v) is 9.97. The Labute approximate surface area is 137 Å². The van der Waals surface area contributed by atoms with Crippen LogP contribution in [0.25, 0.3) is 0 Å². The predicted molar refractivity (Wildman–Crippen MR) is 97.5 cm³/mol. The molecule has 3 rings (SSSR count). The lowest BCUT2D eigenvalue weighted by molar-refractivity contribution is 1.30. The predicted octanol–water partition coefficient (Wildman–Crippen LogP) is 2.75. The lowest BCUT2D eigenvalue weighted by Crippen LogP contribution is -2.17. The van der Waals surface area contributed by atoms with Crippen molar-refractivity contribution in [1.29, 1.82) is 0 Å². The van der Waals surface area contributed by atoms with Crippen molar-refractivity contribution in [3.8, 4) is 0 Å². The summed E-state index contributed by atoms with van der Waals surface area (Å²) in [6.07, 6.45) is 0. The summed E-state index contributed by atoms with van der Waals surface area (Å²) in [7, 11) is 1.71. The van der Waals surface area contributed by atoms with Crippen LogP contribution in [0.2, 0.25) is 0 Å². The largest absolute Gasteiger partial charge is 0.0855 e. The van der Waals surface area contributed by atoms with Gasteiger partial charge in [0, 0.05) is 0 Å². The molecule has 0 nitrogen and oxygen atoms in total. The van der Waals surface area contributed by atoms with Crippen molar-refractivity contribution in [2.24, 2.45) is 0 Å². The third kappa shape index (κ3) is 4.55. The molecule has 22 heavy (non-hydrogen) atoms. The number of hydrogen-bond acceptors (Lipinski definition) is 0. The van der Waals surface area contributed by atoms with E-state index in [1.807, 2.05) is 0 Å². The van der Waals surface area contributed by atoms with Gasteiger partial charge in [0.05, 0.1) is 19.0 Å². The minimum Gasteiger partial charge on any atom is -0.0639 e. The van der Waals surface area contributed by atoms with E-state index in [0.717, 1.165) is 31.1 Å². The van der Waals surface area contributed by atoms with E-state index in [2.05, 4.69) is 84.9 Å². The Kier molecular flexibility index (Phi) is 5.40. The summed E-state index contributed by atoms with van der Waals surface area (Å²) < 4.78 is 0. The van der Waals surface area contributed by atoms with Crippen molar-refractivity contribution in [3.05, 3.63) is 96.1 Å². The number of rotatable bonds is 6. The second-order valence-electron chi connectivity index (χ2n) is 5.26. The molecular formula is C20H18Si2. The van der Waals surface area contributed by atoms with Crippen molar-refractivity contribution < 1.29 is 0 Å². The summed E-state index contributed by atoms with van der Waals surface area (Å²) in [5.74, 6) is 0. The van der Waals surface area contributed by atoms with Crippen LogP contribution in [0, 0.1) is 0 Å². The van der Waals surface area contributed by atoms with Gasteiger partial charge in [0.25, 0.3) is 0 Å². The van der Waals surface area contributed by atoms with Crippen LogP contribution in [0.4, 0.5) is 0 Å². The summed E-state index contributed by atoms with van der Waals surface area (Å²) in [6.45, 7) is 0. The van der Waals surface area contributed by atoms with Crippen LogP contribution in [-0.4, -0.2) is 19.0 Å². The highest BCUT2D eigenvalue weighted by molar-refractivity contribution is 6.53. The van der Waals surface area contributed by atoms with Gasteiger partial charge in [0.2, 0.25) is 0 Å². The van der Waals surface area contributed by atoms with Crippen LogP contribution in [0.5, 0.6) is 0 Å². The van der Waals surface area contributed by atoms with Gasteiger partial charge in [-0.25, -0.2) is 0 Å². The summed E-state index contributed by atoms with van der Waals surface area (Å²) >= 11 is 0. The molecule has 0 bridgehead atoms. The Hall–Kier alpha value is -1.91. The lowest BCUT2D eigenvalue weighted by Gasteiger charge is -2.05. The van der Waals surface area contributed by atoms with Crippen LogP contribution in [0.1, 0.15) is 11.1 Å². The second-order valence-corrected chi connectivity index (χ2v) is 7.83. The molecule has 0 atom stereocenters. The molecule has 0 saturated carbocycles. The fraction of sp³-hybridized carbons (Fsp3) is 0.100. The van der Waals surface area contributed by atoms with Gasteiger partial charge in [0.1, 0.15) is 0 Å². The number of benzene rings is 3. The average molecular weight is 315 g/mol. The van der Waals surface area contributed by atoms with E-state index < -0.39 is 0 Å². The smallest absolute Gasteiger partial charge is 0.0639 e. The van der Waals surface area contributed by atoms with Gasteiger partial charge >= 0.3 is 0 Å². The first-order chi connectivity index (χ1) is 10.9. The lowest BCUT2D eigenvalue weighted by atomic mass is 10.2. The molecule has 2 heteroatoms. The molecule has 0 aliphatic heterocycles. The van der Waals surface area contributed by atoms with Crippen molar-refractivity contribution >= 4 is 29.4 Å². The van der Waals surface area contributed by atoms with E-state index in [1.165, 1.54) is 21.5 Å². The SMILES string of the molecule is c1ccc([Si]Cc2cccc(C[Si]c3ccccc3)c2)cc1. The van der Waals surface area contributed by atoms with Gasteiger partial charge in [-0.15, -0.1) is 0 Å². The molecule has 0 aromatic heterocycles. The van der Waals surface area contributed by atoms with E-state index >= 15 is 0 Å². The second kappa shape index (κ2) is 7.92. The third-order valence-electron chi connectivity index (χ3n) is 3.53. The molecule has 0 aliphatic carbocycles. The van der Waals surface area contributed by atoms with Gasteiger partial charge in [-0.2, -0.15) is 0 Å². The Balaban J connectivity index is 1.58. The van der Waals surface area contributed by atoms with E-state index in [4.69, 9.17) is 0 Å². The zero-order valence-electron chi connectivity index (χ0n) is 12.5. The molecule has 0 amide bonds. The van der Waals surface area contributed by atoms with Crippen molar-refractivity contribution in [2.45, 2.75) is 12.1 Å². The quantitative estimate of drug-likeness (QED) is 0.614. The maximum absolute atomic E-state index is 2.38. The Morgan fingerprint density at radius 2 is 0.955 bits per heavy atom. The first-order valence-electron chi connectivity index (χ1n) is 7.56. The molecule has 3 aromatic carbocycles. The molecule has 4 radical (unpaired) electrons. The normalized spacial score (nSPS) is 10.5. The fourth-order valence-corrected chi connectivity index (χ4v) is 4.48. The van der Waals surface area contributed by atoms with Gasteiger partial charge in [-0.3, -0.25) is 0 Å². The van der Waals surface area contributed by atoms with Crippen LogP contribution < -0.4 is 10.4 Å². The molecular weight excluding hydrogens is 296 g/mol. The summed E-state index contributed by atoms with van der Waals surface area (Å²) in [5, 5.41) is 2.89. The molecule has 106 valence electrons. The van der Waals surface area contributed by atoms with Crippen molar-refractivity contribution in [1.82, 2.24) is 0 Å². The highest BCUT2D eigenvalue weighted by Crippen LogP contribution is 2.06. The van der Waals surface area contributed by atoms with Crippen molar-refractivity contribution in [3.63, 3.8) is 0 Å². The first kappa shape index (κ1) is 15.0. The minimum absolute atomic E-state index is 0.855. The highest BCUT2D eigenvalue weighted by atomic mass is 28.2. The van der Waals surface area contributed by atoms with Crippen molar-refractivity contribution in [2.75, 3.05) is 0 Å². The molecule has 0 saturated heterocycles. The summed E-state index contributed by atoms with van der Waals surface area (Å²) in [4.78, 5) is 0. The molecule has 3 aromatic rings. The summed E-state index contributed by atoms with van der Waals surface area (Å²) in [6, 6.07) is 32.9. The van der Waals surface area contributed by atoms with E-state index in [1.54, 1.807) is 0 Å². The van der Waals surface area contributed by atoms with Gasteiger partial charge < -0.3 is 0 Å². The van der Waals surface area contributed by atoms with Crippen LogP contribution in [-0.2, 0) is 12.1 Å². The van der Waals surface area contributed by atoms with Crippen LogP contribution >= 0.6 is 0 Å². The standard InChI is InChI=1S/C20H18Si2/c1-3-10-19(11-4-1)21-15-17-8-7-9-18(14-17)16-22-20-12-5-2-6-13-20/h1-14H,15-16H2. The molecule has 0 spiro atoms. The zero-order valence-corrected chi connectivity index (χ0v) is 14.5. The van der Waals surface area contributed by atoms with Gasteiger partial charge in [-0.05, 0) is 12.1 Å². The van der Waals surface area contributed by atoms with Gasteiger partial charge in [-0.1, -0.05) is 106 Å². The molecule has 0 heterocycles. The van der Waals surface area contributed by atoms with Crippen LogP contribution in [0.3, 0.4) is 0 Å². The maximum Gasteiger partial charge on any atom is 0.0855 e. The Bertz CT molecular complexity index is 634. The van der Waals surface area contributed by atoms with Gasteiger partial charge in [0.15, 0.2) is 0 Å².